The molecule has 29 heavy (non-hydrogen) atoms. The second-order valence-corrected chi connectivity index (χ2v) is 6.72. The van der Waals surface area contributed by atoms with E-state index in [1.54, 1.807) is 0 Å². The molecule has 1 aliphatic rings. The van der Waals surface area contributed by atoms with Crippen molar-refractivity contribution in [3.63, 3.8) is 0 Å². The van der Waals surface area contributed by atoms with Gasteiger partial charge >= 0.3 is 0 Å². The smallest absolute Gasteiger partial charge is 0.158 e. The Kier molecular flexibility index (Phi) is 5.44. The number of fused-ring (bicyclic) bond motifs is 1. The fraction of sp³-hybridized carbons (Fsp3) is 0.286. The lowest BCUT2D eigenvalue weighted by Gasteiger charge is -2.29. The van der Waals surface area contributed by atoms with Crippen LogP contribution in [0.5, 0.6) is 5.75 Å². The van der Waals surface area contributed by atoms with Crippen molar-refractivity contribution in [1.29, 1.82) is 0 Å². The maximum atomic E-state index is 10.4. The van der Waals surface area contributed by atoms with Crippen LogP contribution in [-0.4, -0.2) is 58.0 Å². The van der Waals surface area contributed by atoms with Crippen molar-refractivity contribution in [3.05, 3.63) is 48.0 Å². The minimum absolute atomic E-state index is 0.0228. The Morgan fingerprint density at radius 3 is 2.79 bits per heavy atom. The summed E-state index contributed by atoms with van der Waals surface area (Å²) < 4.78 is 5.44. The van der Waals surface area contributed by atoms with Gasteiger partial charge in [-0.15, -0.1) is 0 Å². The van der Waals surface area contributed by atoms with E-state index >= 15 is 0 Å². The first kappa shape index (κ1) is 18.9. The highest BCUT2D eigenvalue weighted by Gasteiger charge is 2.14. The summed E-state index contributed by atoms with van der Waals surface area (Å²) >= 11 is 0. The van der Waals surface area contributed by atoms with Crippen molar-refractivity contribution in [2.75, 3.05) is 43.1 Å². The molecule has 2 aromatic heterocycles. The summed E-state index contributed by atoms with van der Waals surface area (Å²) in [4.78, 5) is 15.3. The quantitative estimate of drug-likeness (QED) is 0.568. The number of morpholine rings is 1. The minimum atomic E-state index is -0.0699. The van der Waals surface area contributed by atoms with Gasteiger partial charge in [0.25, 0.3) is 0 Å². The molecule has 4 rings (SSSR count). The molecule has 0 saturated carbocycles. The van der Waals surface area contributed by atoms with Crippen LogP contribution in [0.2, 0.25) is 0 Å². The molecule has 0 amide bonds. The molecule has 8 nitrogen and oxygen atoms in total. The summed E-state index contributed by atoms with van der Waals surface area (Å²) in [5, 5.41) is 24.2. The average Bonchev–Trinajstić information content (AvgIpc) is 2.74. The van der Waals surface area contributed by atoms with Crippen LogP contribution in [0.4, 0.5) is 11.5 Å². The molecule has 0 unspecified atom stereocenters. The van der Waals surface area contributed by atoms with E-state index in [1.165, 1.54) is 24.5 Å². The van der Waals surface area contributed by atoms with Crippen molar-refractivity contribution >= 4 is 34.2 Å². The van der Waals surface area contributed by atoms with Crippen LogP contribution in [0.3, 0.4) is 0 Å². The molecule has 0 spiro atoms. The zero-order valence-electron chi connectivity index (χ0n) is 16.2. The fourth-order valence-corrected chi connectivity index (χ4v) is 3.29. The molecule has 3 heterocycles. The standard InChI is InChI=1S/C21H23N5O3/c1-2-23-21-17-4-3-15(26-5-7-29-8-6-26)10-18(17)24-20(25-21)11-19(28)14-9-16(27)13-22-12-14/h3-4,9-13,27-28H,2,5-8H2,1H3,(H,23,24,25)/b19-11-. The second-order valence-electron chi connectivity index (χ2n) is 6.72. The van der Waals surface area contributed by atoms with E-state index in [-0.39, 0.29) is 11.5 Å². The Balaban J connectivity index is 1.75. The van der Waals surface area contributed by atoms with Crippen LogP contribution in [0.1, 0.15) is 18.3 Å². The monoisotopic (exact) mass is 393 g/mol. The Morgan fingerprint density at radius 1 is 1.21 bits per heavy atom. The first-order chi connectivity index (χ1) is 14.1. The lowest BCUT2D eigenvalue weighted by molar-refractivity contribution is 0.122. The molecule has 0 radical (unpaired) electrons. The Morgan fingerprint density at radius 2 is 2.03 bits per heavy atom. The minimum Gasteiger partial charge on any atom is -0.507 e. The summed E-state index contributed by atoms with van der Waals surface area (Å²) in [5.74, 6) is 0.984. The van der Waals surface area contributed by atoms with Crippen molar-refractivity contribution in [3.8, 4) is 5.75 Å². The van der Waals surface area contributed by atoms with Crippen molar-refractivity contribution in [2.24, 2.45) is 0 Å². The molecule has 8 heteroatoms. The Labute approximate surface area is 168 Å². The van der Waals surface area contributed by atoms with Crippen LogP contribution in [0.25, 0.3) is 22.7 Å². The predicted molar refractivity (Wildman–Crippen MR) is 113 cm³/mol. The SMILES string of the molecule is CCNc1nc(/C=C(\O)c2cncc(O)c2)nc2cc(N3CCOCC3)ccc12. The average molecular weight is 393 g/mol. The van der Waals surface area contributed by atoms with Gasteiger partial charge in [0.15, 0.2) is 5.82 Å². The number of rotatable bonds is 5. The van der Waals surface area contributed by atoms with Gasteiger partial charge in [-0.25, -0.2) is 9.97 Å². The van der Waals surface area contributed by atoms with Crippen LogP contribution < -0.4 is 10.2 Å². The highest BCUT2D eigenvalue weighted by Crippen LogP contribution is 2.27. The number of aromatic nitrogens is 3. The van der Waals surface area contributed by atoms with E-state index in [2.05, 4.69) is 31.2 Å². The van der Waals surface area contributed by atoms with Crippen molar-refractivity contribution in [1.82, 2.24) is 15.0 Å². The van der Waals surface area contributed by atoms with Gasteiger partial charge < -0.3 is 25.2 Å². The van der Waals surface area contributed by atoms with Crippen LogP contribution in [0, 0.1) is 0 Å². The number of aliphatic hydroxyl groups is 1. The number of ether oxygens (including phenoxy) is 1. The maximum Gasteiger partial charge on any atom is 0.158 e. The molecule has 150 valence electrons. The molecule has 0 aliphatic carbocycles. The van der Waals surface area contributed by atoms with Crippen molar-refractivity contribution < 1.29 is 14.9 Å². The van der Waals surface area contributed by atoms with Gasteiger partial charge in [-0.2, -0.15) is 0 Å². The predicted octanol–water partition coefficient (Wildman–Crippen LogP) is 3.05. The summed E-state index contributed by atoms with van der Waals surface area (Å²) in [6, 6.07) is 7.56. The van der Waals surface area contributed by atoms with Crippen LogP contribution in [-0.2, 0) is 4.74 Å². The third kappa shape index (κ3) is 4.22. The molecule has 1 aromatic carbocycles. The number of hydrogen-bond donors (Lipinski definition) is 3. The number of pyridine rings is 1. The first-order valence-electron chi connectivity index (χ1n) is 9.57. The molecule has 0 atom stereocenters. The third-order valence-electron chi connectivity index (χ3n) is 4.70. The van der Waals surface area contributed by atoms with Gasteiger partial charge in [0, 0.05) is 48.5 Å². The van der Waals surface area contributed by atoms with Gasteiger partial charge in [0.05, 0.1) is 24.9 Å². The highest BCUT2D eigenvalue weighted by atomic mass is 16.5. The van der Waals surface area contributed by atoms with E-state index in [0.717, 1.165) is 29.7 Å². The molecule has 3 N–H and O–H groups in total. The van der Waals surface area contributed by atoms with E-state index < -0.39 is 0 Å². The number of aromatic hydroxyl groups is 1. The topological polar surface area (TPSA) is 104 Å². The van der Waals surface area contributed by atoms with Crippen LogP contribution in [0.15, 0.2) is 36.7 Å². The summed E-state index contributed by atoms with van der Waals surface area (Å²) in [6.07, 6.45) is 4.24. The lowest BCUT2D eigenvalue weighted by atomic mass is 10.1. The number of nitrogens with zero attached hydrogens (tertiary/aromatic N) is 4. The van der Waals surface area contributed by atoms with E-state index in [0.29, 0.717) is 37.0 Å². The molecular weight excluding hydrogens is 370 g/mol. The van der Waals surface area contributed by atoms with Gasteiger partial charge in [0.1, 0.15) is 17.3 Å². The third-order valence-corrected chi connectivity index (χ3v) is 4.70. The van der Waals surface area contributed by atoms with Gasteiger partial charge in [0.2, 0.25) is 0 Å². The van der Waals surface area contributed by atoms with E-state index in [1.807, 2.05) is 19.1 Å². The largest absolute Gasteiger partial charge is 0.507 e. The van der Waals surface area contributed by atoms with E-state index in [4.69, 9.17) is 4.74 Å². The van der Waals surface area contributed by atoms with E-state index in [9.17, 15) is 10.2 Å². The van der Waals surface area contributed by atoms with Crippen LogP contribution >= 0.6 is 0 Å². The fourth-order valence-electron chi connectivity index (χ4n) is 3.29. The highest BCUT2D eigenvalue weighted by molar-refractivity contribution is 5.92. The number of anilines is 2. The summed E-state index contributed by atoms with van der Waals surface area (Å²) in [7, 11) is 0. The number of nitrogens with one attached hydrogen (secondary N) is 1. The number of hydrogen-bond acceptors (Lipinski definition) is 8. The number of benzene rings is 1. The molecular formula is C21H23N5O3. The summed E-state index contributed by atoms with van der Waals surface area (Å²) in [6.45, 7) is 5.82. The molecule has 0 bridgehead atoms. The zero-order valence-corrected chi connectivity index (χ0v) is 16.2. The lowest BCUT2D eigenvalue weighted by Crippen LogP contribution is -2.36. The van der Waals surface area contributed by atoms with Gasteiger partial charge in [-0.05, 0) is 31.2 Å². The summed E-state index contributed by atoms with van der Waals surface area (Å²) in [5.41, 5.74) is 2.26. The normalized spacial score (nSPS) is 14.9. The number of aliphatic hydroxyl groups excluding tert-OH is 1. The Bertz CT molecular complexity index is 1050. The maximum absolute atomic E-state index is 10.4. The Hall–Kier alpha value is -3.39. The van der Waals surface area contributed by atoms with Gasteiger partial charge in [-0.3, -0.25) is 4.98 Å². The van der Waals surface area contributed by atoms with Gasteiger partial charge in [-0.1, -0.05) is 0 Å². The zero-order chi connectivity index (χ0) is 20.2. The first-order valence-corrected chi connectivity index (χ1v) is 9.57. The van der Waals surface area contributed by atoms with Crippen molar-refractivity contribution in [2.45, 2.75) is 6.92 Å². The second kappa shape index (κ2) is 8.32. The molecule has 1 aliphatic heterocycles. The molecule has 1 saturated heterocycles. The molecule has 3 aromatic rings. The molecule has 1 fully saturated rings.